The van der Waals surface area contributed by atoms with Crippen LogP contribution < -0.4 is 15.5 Å². The molecule has 1 aromatic heterocycles. The van der Waals surface area contributed by atoms with E-state index in [1.165, 1.54) is 6.07 Å². The summed E-state index contributed by atoms with van der Waals surface area (Å²) in [5.41, 5.74) is -0.825. The number of benzene rings is 2. The molecule has 14 nitrogen and oxygen atoms in total. The zero-order valence-corrected chi connectivity index (χ0v) is 36.4. The number of ether oxygens (including phenoxy) is 1. The summed E-state index contributed by atoms with van der Waals surface area (Å²) >= 11 is 5.75. The fourth-order valence-corrected chi connectivity index (χ4v) is 10.0. The molecule has 328 valence electrons. The smallest absolute Gasteiger partial charge is 0.377 e. The average molecular weight is 886 g/mol. The van der Waals surface area contributed by atoms with Crippen LogP contribution in [0.25, 0.3) is 10.9 Å². The molecule has 4 fully saturated rings. The molecule has 0 radical (unpaired) electrons. The molecular formula is C42H51ClF3N9O5S. The van der Waals surface area contributed by atoms with Crippen LogP contribution in [0, 0.1) is 11.3 Å². The van der Waals surface area contributed by atoms with Gasteiger partial charge in [0.2, 0.25) is 17.7 Å². The molecule has 3 aliphatic heterocycles. The molecule has 0 bridgehead atoms. The van der Waals surface area contributed by atoms with Gasteiger partial charge in [-0.25, -0.2) is 0 Å². The van der Waals surface area contributed by atoms with E-state index >= 15 is 0 Å². The first kappa shape index (κ1) is 45.8. The predicted octanol–water partition coefficient (Wildman–Crippen LogP) is 5.48. The van der Waals surface area contributed by atoms with E-state index in [1.807, 2.05) is 23.1 Å². The van der Waals surface area contributed by atoms with Gasteiger partial charge in [0.1, 0.15) is 5.54 Å². The first-order valence-electron chi connectivity index (χ1n) is 20.4. The largest absolute Gasteiger partial charge is 0.417 e. The Morgan fingerprint density at radius 2 is 1.75 bits per heavy atom. The zero-order valence-electron chi connectivity index (χ0n) is 34.8. The number of rotatable bonds is 10. The Morgan fingerprint density at radius 1 is 1.07 bits per heavy atom. The highest BCUT2D eigenvalue weighted by Gasteiger charge is 2.52. The molecular weight excluding hydrogens is 835 g/mol. The van der Waals surface area contributed by atoms with Crippen molar-refractivity contribution in [3.05, 3.63) is 53.2 Å². The third-order valence-electron chi connectivity index (χ3n) is 12.4. The van der Waals surface area contributed by atoms with Crippen LogP contribution in [-0.2, 0) is 37.1 Å². The Hall–Kier alpha value is -4.67. The third kappa shape index (κ3) is 9.12. The molecule has 19 heteroatoms. The predicted molar refractivity (Wildman–Crippen MR) is 228 cm³/mol. The number of hydrogen-bond acceptors (Lipinski definition) is 10. The maximum absolute atomic E-state index is 13.8. The van der Waals surface area contributed by atoms with Crippen molar-refractivity contribution in [1.82, 2.24) is 29.8 Å². The highest BCUT2D eigenvalue weighted by molar-refractivity contribution is 7.80. The summed E-state index contributed by atoms with van der Waals surface area (Å²) in [4.78, 5) is 59.0. The quantitative estimate of drug-likeness (QED) is 0.197. The van der Waals surface area contributed by atoms with Crippen molar-refractivity contribution >= 4 is 75.6 Å². The first-order chi connectivity index (χ1) is 28.4. The van der Waals surface area contributed by atoms with Gasteiger partial charge in [-0.1, -0.05) is 12.1 Å². The van der Waals surface area contributed by atoms with Crippen LogP contribution in [0.5, 0.6) is 0 Å². The number of halogens is 4. The highest BCUT2D eigenvalue weighted by Crippen LogP contribution is 2.41. The number of aryl methyl sites for hydroxylation is 1. The minimum absolute atomic E-state index is 0. The van der Waals surface area contributed by atoms with Crippen molar-refractivity contribution in [3.63, 3.8) is 0 Å². The molecule has 1 saturated carbocycles. The minimum atomic E-state index is -4.77. The number of nitrogens with zero attached hydrogens (tertiary/aromatic N) is 7. The maximum atomic E-state index is 13.8. The van der Waals surface area contributed by atoms with Crippen molar-refractivity contribution < 1.29 is 37.1 Å². The van der Waals surface area contributed by atoms with E-state index in [0.29, 0.717) is 42.8 Å². The lowest BCUT2D eigenvalue weighted by Gasteiger charge is -2.44. The number of amides is 4. The molecule has 1 aliphatic carbocycles. The zero-order chi connectivity index (χ0) is 43.3. The van der Waals surface area contributed by atoms with Crippen LogP contribution in [0.2, 0.25) is 0 Å². The Kier molecular flexibility index (Phi) is 13.5. The Morgan fingerprint density at radius 3 is 2.39 bits per heavy atom. The normalized spacial score (nSPS) is 25.1. The summed E-state index contributed by atoms with van der Waals surface area (Å²) < 4.78 is 49.3. The maximum Gasteiger partial charge on any atom is 0.417 e. The van der Waals surface area contributed by atoms with E-state index in [0.717, 1.165) is 54.9 Å². The van der Waals surface area contributed by atoms with E-state index in [1.54, 1.807) is 31.6 Å². The number of carbonyl (C=O) groups excluding carboxylic acids is 4. The molecule has 4 aliphatic rings. The Balaban J connectivity index is 0.00000622. The van der Waals surface area contributed by atoms with Crippen LogP contribution >= 0.6 is 24.6 Å². The lowest BCUT2D eigenvalue weighted by atomic mass is 9.89. The molecule has 1 unspecified atom stereocenters. The fraction of sp³-hybridized carbons (Fsp3) is 0.548. The van der Waals surface area contributed by atoms with E-state index < -0.39 is 34.7 Å². The van der Waals surface area contributed by atoms with Gasteiger partial charge in [-0.3, -0.25) is 43.9 Å². The summed E-state index contributed by atoms with van der Waals surface area (Å²) in [6.07, 6.45) is -1.25. The van der Waals surface area contributed by atoms with E-state index in [2.05, 4.69) is 39.4 Å². The van der Waals surface area contributed by atoms with Gasteiger partial charge in [0, 0.05) is 56.6 Å². The highest BCUT2D eigenvalue weighted by atomic mass is 35.5. The number of alkyl halides is 3. The van der Waals surface area contributed by atoms with Gasteiger partial charge in [-0.05, 0) is 96.3 Å². The van der Waals surface area contributed by atoms with E-state index in [4.69, 9.17) is 17.0 Å². The minimum Gasteiger partial charge on any atom is -0.377 e. The molecule has 2 N–H and O–H groups in total. The molecule has 7 rings (SSSR count). The van der Waals surface area contributed by atoms with Gasteiger partial charge in [0.25, 0.3) is 5.91 Å². The number of imide groups is 1. The van der Waals surface area contributed by atoms with Gasteiger partial charge >= 0.3 is 6.18 Å². The summed E-state index contributed by atoms with van der Waals surface area (Å²) in [7, 11) is 1.77. The van der Waals surface area contributed by atoms with Gasteiger partial charge in [-0.15, -0.1) is 12.4 Å². The number of fused-ring (bicyclic) bond motifs is 1. The second kappa shape index (κ2) is 18.0. The lowest BCUT2D eigenvalue weighted by Crippen LogP contribution is -2.58. The summed E-state index contributed by atoms with van der Waals surface area (Å²) in [5.74, 6) is -1.77. The SMILES string of the molecule is C[C@@H]1CN(CCOC2CCC(N3C(=S)N(c4ccc(C#N)c(C(F)(F)F)c4)C(=O)C3(C)C)CC2)C[C@H](C)N1CC(=O)Nc1cccc2c(C3CCC(=O)NC3=O)nn(C)c12.Cl. The number of hydrogen-bond donors (Lipinski definition) is 2. The number of piperazine rings is 1. The van der Waals surface area contributed by atoms with Gasteiger partial charge in [-0.2, -0.15) is 23.5 Å². The second-order valence-electron chi connectivity index (χ2n) is 16.9. The van der Waals surface area contributed by atoms with E-state index in [9.17, 15) is 37.6 Å². The standard InChI is InChI=1S/C42H50F3N9O5S.ClH/c1-24-21-51(22-25(2)52(24)23-35(56)47-33-8-6-7-30-36(49-50(5)37(30)33)31-15-16-34(55)48-38(31)57)17-18-59-29-13-11-27(12-14-29)54-40(60)53(39(58)41(54,3)4)28-10-9-26(20-46)32(19-28)42(43,44)45;/h6-10,19,24-25,27,29,31H,11-18,21-23H2,1-5H3,(H,47,56)(H,48,55,57);1H/t24-,25+,27?,29?,31?;. The van der Waals surface area contributed by atoms with Crippen molar-refractivity contribution in [3.8, 4) is 6.07 Å². The Bertz CT molecular complexity index is 2240. The summed E-state index contributed by atoms with van der Waals surface area (Å²) in [6.45, 7) is 10.7. The molecule has 4 amide bonds. The number of piperidine rings is 1. The lowest BCUT2D eigenvalue weighted by molar-refractivity contribution is -0.138. The number of nitrogens with one attached hydrogen (secondary N) is 2. The molecule has 0 spiro atoms. The Labute approximate surface area is 364 Å². The number of aromatic nitrogens is 2. The van der Waals surface area contributed by atoms with Crippen LogP contribution in [0.1, 0.15) is 89.0 Å². The molecule has 4 heterocycles. The van der Waals surface area contributed by atoms with Gasteiger partial charge in [0.15, 0.2) is 5.11 Å². The van der Waals surface area contributed by atoms with Crippen molar-refractivity contribution in [2.45, 2.75) is 108 Å². The monoisotopic (exact) mass is 885 g/mol. The van der Waals surface area contributed by atoms with Crippen molar-refractivity contribution in [2.75, 3.05) is 43.0 Å². The van der Waals surface area contributed by atoms with Crippen LogP contribution in [0.4, 0.5) is 24.5 Å². The molecule has 3 atom stereocenters. The van der Waals surface area contributed by atoms with Crippen molar-refractivity contribution in [2.24, 2.45) is 7.05 Å². The number of nitriles is 1. The molecule has 61 heavy (non-hydrogen) atoms. The number of para-hydroxylation sites is 1. The van der Waals surface area contributed by atoms with Gasteiger partial charge < -0.3 is 15.0 Å². The van der Waals surface area contributed by atoms with Crippen LogP contribution in [0.3, 0.4) is 0 Å². The van der Waals surface area contributed by atoms with Gasteiger partial charge in [0.05, 0.1) is 65.0 Å². The third-order valence-corrected chi connectivity index (χ3v) is 12.8. The second-order valence-corrected chi connectivity index (χ2v) is 17.3. The summed E-state index contributed by atoms with van der Waals surface area (Å²) in [5, 5.41) is 20.2. The number of thiocarbonyl (C=S) groups is 1. The average Bonchev–Trinajstić information content (AvgIpc) is 3.61. The topological polar surface area (TPSA) is 156 Å². The molecule has 2 aromatic carbocycles. The first-order valence-corrected chi connectivity index (χ1v) is 20.8. The molecule has 3 aromatic rings. The summed E-state index contributed by atoms with van der Waals surface area (Å²) in [6, 6.07) is 10.4. The number of carbonyl (C=O) groups is 4. The number of anilines is 2. The van der Waals surface area contributed by atoms with Crippen LogP contribution in [0.15, 0.2) is 36.4 Å². The fourth-order valence-electron chi connectivity index (χ4n) is 9.47. The van der Waals surface area contributed by atoms with Crippen molar-refractivity contribution in [1.29, 1.82) is 5.26 Å². The van der Waals surface area contributed by atoms with Crippen LogP contribution in [-0.4, -0.2) is 116 Å². The molecule has 3 saturated heterocycles. The van der Waals surface area contributed by atoms with E-state index in [-0.39, 0.29) is 78.1 Å².